The molecule has 1 aliphatic rings. The van der Waals surface area contributed by atoms with Crippen molar-refractivity contribution >= 4 is 21.6 Å². The van der Waals surface area contributed by atoms with Crippen LogP contribution in [0.2, 0.25) is 0 Å². The highest BCUT2D eigenvalue weighted by Crippen LogP contribution is 2.22. The summed E-state index contributed by atoms with van der Waals surface area (Å²) >= 11 is 0. The van der Waals surface area contributed by atoms with Gasteiger partial charge in [0.05, 0.1) is 5.75 Å². The number of benzene rings is 2. The zero-order valence-electron chi connectivity index (χ0n) is 13.5. The lowest BCUT2D eigenvalue weighted by molar-refractivity contribution is 0.0938. The summed E-state index contributed by atoms with van der Waals surface area (Å²) in [6.07, 6.45) is 1.69. The van der Waals surface area contributed by atoms with E-state index >= 15 is 0 Å². The average molecular weight is 344 g/mol. The summed E-state index contributed by atoms with van der Waals surface area (Å²) in [5.74, 6) is -0.130. The van der Waals surface area contributed by atoms with Gasteiger partial charge >= 0.3 is 0 Å². The maximum absolute atomic E-state index is 12.4. The summed E-state index contributed by atoms with van der Waals surface area (Å²) in [4.78, 5) is 12.4. The second-order valence-corrected chi connectivity index (χ2v) is 7.94. The first-order valence-corrected chi connectivity index (χ1v) is 9.60. The van der Waals surface area contributed by atoms with Gasteiger partial charge < -0.3 is 5.32 Å². The second-order valence-electron chi connectivity index (χ2n) is 5.93. The molecule has 0 spiro atoms. The number of amides is 1. The van der Waals surface area contributed by atoms with E-state index < -0.39 is 10.0 Å². The fourth-order valence-electron chi connectivity index (χ4n) is 2.87. The lowest BCUT2D eigenvalue weighted by Gasteiger charge is -2.12. The predicted octanol–water partition coefficient (Wildman–Crippen LogP) is 2.35. The molecular formula is C18H20N2O3S. The standard InChI is InChI=1S/C18H20N2O3S/c1-2-24(22,23)20-16-9-7-13(8-10-16)18(21)19-17-11-14-5-3-4-6-15(14)12-17/h3-10,17,20H,2,11-12H2,1H3,(H,19,21). The Labute approximate surface area is 142 Å². The van der Waals surface area contributed by atoms with Crippen molar-refractivity contribution in [1.82, 2.24) is 5.32 Å². The molecule has 0 aromatic heterocycles. The Morgan fingerprint density at radius 3 is 2.17 bits per heavy atom. The first-order valence-electron chi connectivity index (χ1n) is 7.95. The van der Waals surface area contributed by atoms with Crippen LogP contribution in [0.4, 0.5) is 5.69 Å². The van der Waals surface area contributed by atoms with Gasteiger partial charge in [0.15, 0.2) is 0 Å². The van der Waals surface area contributed by atoms with Crippen LogP contribution < -0.4 is 10.0 Å². The third-order valence-corrected chi connectivity index (χ3v) is 5.49. The van der Waals surface area contributed by atoms with Gasteiger partial charge in [-0.1, -0.05) is 24.3 Å². The van der Waals surface area contributed by atoms with Gasteiger partial charge in [-0.3, -0.25) is 9.52 Å². The van der Waals surface area contributed by atoms with E-state index in [9.17, 15) is 13.2 Å². The maximum Gasteiger partial charge on any atom is 0.251 e. The van der Waals surface area contributed by atoms with Crippen LogP contribution in [0, 0.1) is 0 Å². The SMILES string of the molecule is CCS(=O)(=O)Nc1ccc(C(=O)NC2Cc3ccccc3C2)cc1. The minimum atomic E-state index is -3.31. The molecule has 1 aliphatic carbocycles. The molecule has 1 amide bonds. The summed E-state index contributed by atoms with van der Waals surface area (Å²) < 4.78 is 25.5. The van der Waals surface area contributed by atoms with Gasteiger partial charge in [0.1, 0.15) is 0 Å². The van der Waals surface area contributed by atoms with Crippen LogP contribution in [0.3, 0.4) is 0 Å². The molecule has 0 aliphatic heterocycles. The Morgan fingerprint density at radius 1 is 1.04 bits per heavy atom. The molecule has 3 rings (SSSR count). The minimum absolute atomic E-state index is 0.0114. The predicted molar refractivity (Wildman–Crippen MR) is 94.6 cm³/mol. The van der Waals surface area contributed by atoms with E-state index in [1.165, 1.54) is 11.1 Å². The normalized spacial score (nSPS) is 14.2. The highest BCUT2D eigenvalue weighted by Gasteiger charge is 2.22. The van der Waals surface area contributed by atoms with Gasteiger partial charge in [-0.05, 0) is 55.2 Å². The smallest absolute Gasteiger partial charge is 0.251 e. The van der Waals surface area contributed by atoms with Crippen molar-refractivity contribution in [1.29, 1.82) is 0 Å². The highest BCUT2D eigenvalue weighted by atomic mass is 32.2. The van der Waals surface area contributed by atoms with Crippen molar-refractivity contribution in [2.75, 3.05) is 10.5 Å². The number of fused-ring (bicyclic) bond motifs is 1. The van der Waals surface area contributed by atoms with E-state index in [0.29, 0.717) is 11.3 Å². The Morgan fingerprint density at radius 2 is 1.62 bits per heavy atom. The largest absolute Gasteiger partial charge is 0.349 e. The lowest BCUT2D eigenvalue weighted by Crippen LogP contribution is -2.35. The Kier molecular flexibility index (Phi) is 4.57. The summed E-state index contributed by atoms with van der Waals surface area (Å²) in [6, 6.07) is 14.8. The Balaban J connectivity index is 1.62. The summed E-state index contributed by atoms with van der Waals surface area (Å²) in [6.45, 7) is 1.57. The Hall–Kier alpha value is -2.34. The molecule has 2 N–H and O–H groups in total. The third kappa shape index (κ3) is 3.76. The van der Waals surface area contributed by atoms with Gasteiger partial charge in [0.2, 0.25) is 10.0 Å². The fourth-order valence-corrected chi connectivity index (χ4v) is 3.51. The van der Waals surface area contributed by atoms with E-state index in [4.69, 9.17) is 0 Å². The first-order chi connectivity index (χ1) is 11.5. The van der Waals surface area contributed by atoms with Crippen LogP contribution in [0.5, 0.6) is 0 Å². The average Bonchev–Trinajstić information content (AvgIpc) is 2.97. The minimum Gasteiger partial charge on any atom is -0.349 e. The lowest BCUT2D eigenvalue weighted by atomic mass is 10.1. The van der Waals surface area contributed by atoms with Crippen LogP contribution in [0.1, 0.15) is 28.4 Å². The molecule has 5 nitrogen and oxygen atoms in total. The van der Waals surface area contributed by atoms with E-state index in [-0.39, 0.29) is 17.7 Å². The molecule has 0 fully saturated rings. The van der Waals surface area contributed by atoms with Gasteiger partial charge in [-0.25, -0.2) is 8.42 Å². The third-order valence-electron chi connectivity index (χ3n) is 4.19. The van der Waals surface area contributed by atoms with Crippen molar-refractivity contribution < 1.29 is 13.2 Å². The van der Waals surface area contributed by atoms with E-state index in [1.807, 2.05) is 12.1 Å². The van der Waals surface area contributed by atoms with Gasteiger partial charge in [0.25, 0.3) is 5.91 Å². The summed E-state index contributed by atoms with van der Waals surface area (Å²) in [5.41, 5.74) is 3.55. The van der Waals surface area contributed by atoms with E-state index in [1.54, 1.807) is 31.2 Å². The van der Waals surface area contributed by atoms with Crippen LogP contribution in [-0.4, -0.2) is 26.1 Å². The number of hydrogen-bond acceptors (Lipinski definition) is 3. The number of nitrogens with one attached hydrogen (secondary N) is 2. The molecular weight excluding hydrogens is 324 g/mol. The number of rotatable bonds is 5. The van der Waals surface area contributed by atoms with Crippen molar-refractivity contribution in [2.24, 2.45) is 0 Å². The maximum atomic E-state index is 12.4. The van der Waals surface area contributed by atoms with Crippen LogP contribution >= 0.6 is 0 Å². The Bertz CT molecular complexity index is 820. The number of anilines is 1. The first kappa shape index (κ1) is 16.5. The topological polar surface area (TPSA) is 75.3 Å². The molecule has 0 radical (unpaired) electrons. The number of carbonyl (C=O) groups is 1. The summed E-state index contributed by atoms with van der Waals surface area (Å²) in [5, 5.41) is 3.04. The van der Waals surface area contributed by atoms with Crippen molar-refractivity contribution in [3.8, 4) is 0 Å². The van der Waals surface area contributed by atoms with E-state index in [0.717, 1.165) is 12.8 Å². The van der Waals surface area contributed by atoms with Crippen molar-refractivity contribution in [3.05, 3.63) is 65.2 Å². The van der Waals surface area contributed by atoms with Crippen molar-refractivity contribution in [3.63, 3.8) is 0 Å². The number of hydrogen-bond donors (Lipinski definition) is 2. The zero-order valence-corrected chi connectivity index (χ0v) is 14.3. The van der Waals surface area contributed by atoms with E-state index in [2.05, 4.69) is 22.2 Å². The molecule has 2 aromatic carbocycles. The molecule has 0 bridgehead atoms. The molecule has 0 saturated carbocycles. The van der Waals surface area contributed by atoms with Gasteiger partial charge in [-0.15, -0.1) is 0 Å². The second kappa shape index (κ2) is 6.65. The fraction of sp³-hybridized carbons (Fsp3) is 0.278. The molecule has 0 heterocycles. The molecule has 126 valence electrons. The summed E-state index contributed by atoms with van der Waals surface area (Å²) in [7, 11) is -3.31. The number of carbonyl (C=O) groups excluding carboxylic acids is 1. The van der Waals surface area contributed by atoms with Crippen LogP contribution in [-0.2, 0) is 22.9 Å². The van der Waals surface area contributed by atoms with Crippen LogP contribution in [0.15, 0.2) is 48.5 Å². The monoisotopic (exact) mass is 344 g/mol. The molecule has 0 saturated heterocycles. The van der Waals surface area contributed by atoms with Gasteiger partial charge in [0, 0.05) is 17.3 Å². The molecule has 0 atom stereocenters. The van der Waals surface area contributed by atoms with Crippen LogP contribution in [0.25, 0.3) is 0 Å². The molecule has 24 heavy (non-hydrogen) atoms. The van der Waals surface area contributed by atoms with Gasteiger partial charge in [-0.2, -0.15) is 0 Å². The number of sulfonamides is 1. The molecule has 0 unspecified atom stereocenters. The molecule has 6 heteroatoms. The highest BCUT2D eigenvalue weighted by molar-refractivity contribution is 7.92. The quantitative estimate of drug-likeness (QED) is 0.874. The molecule has 2 aromatic rings. The zero-order chi connectivity index (χ0) is 17.2. The van der Waals surface area contributed by atoms with Crippen molar-refractivity contribution in [2.45, 2.75) is 25.8 Å².